The predicted molar refractivity (Wildman–Crippen MR) is 63.0 cm³/mol. The molecule has 2 N–H and O–H groups in total. The maximum Gasteiger partial charge on any atom is 0.303 e. The van der Waals surface area contributed by atoms with Crippen molar-refractivity contribution < 1.29 is 19.2 Å². The number of carboxylic acid groups (broad SMARTS) is 1. The van der Waals surface area contributed by atoms with Gasteiger partial charge in [-0.15, -0.1) is 0 Å². The average molecular weight is 256 g/mol. The van der Waals surface area contributed by atoms with Crippen molar-refractivity contribution in [3.05, 3.63) is 34.1 Å². The number of hydrogen-bond acceptors (Lipinski definition) is 4. The first-order valence-electron chi connectivity index (χ1n) is 5.29. The molecule has 0 spiro atoms. The van der Waals surface area contributed by atoms with E-state index in [1.807, 2.05) is 0 Å². The van der Waals surface area contributed by atoms with Crippen LogP contribution in [0.3, 0.4) is 0 Å². The second-order valence-corrected chi connectivity index (χ2v) is 4.01. The van der Waals surface area contributed by atoms with Gasteiger partial charge in [0.2, 0.25) is 0 Å². The fourth-order valence-corrected chi connectivity index (χ4v) is 1.42. The number of nitro groups is 1. The number of benzene rings is 1. The van der Waals surface area contributed by atoms with Crippen molar-refractivity contribution >= 4 is 17.3 Å². The number of hydrogen-bond donors (Lipinski definition) is 2. The molecule has 98 valence electrons. The van der Waals surface area contributed by atoms with Gasteiger partial charge in [0.25, 0.3) is 5.69 Å². The summed E-state index contributed by atoms with van der Waals surface area (Å²) in [5, 5.41) is 21.7. The van der Waals surface area contributed by atoms with Gasteiger partial charge in [-0.2, -0.15) is 0 Å². The third-order valence-electron chi connectivity index (χ3n) is 2.33. The zero-order valence-electron chi connectivity index (χ0n) is 9.72. The number of non-ortho nitro benzene ring substituents is 1. The molecular weight excluding hydrogens is 243 g/mol. The topological polar surface area (TPSA) is 92.5 Å². The molecule has 1 aromatic rings. The molecule has 18 heavy (non-hydrogen) atoms. The Balaban J connectivity index is 2.63. The first-order chi connectivity index (χ1) is 8.40. The molecule has 1 atom stereocenters. The lowest BCUT2D eigenvalue weighted by Crippen LogP contribution is -2.15. The van der Waals surface area contributed by atoms with E-state index < -0.39 is 16.7 Å². The molecule has 0 saturated carbocycles. The molecule has 0 saturated heterocycles. The second kappa shape index (κ2) is 5.95. The summed E-state index contributed by atoms with van der Waals surface area (Å²) in [4.78, 5) is 20.2. The first-order valence-corrected chi connectivity index (χ1v) is 5.29. The number of nitrogens with one attached hydrogen (secondary N) is 1. The maximum absolute atomic E-state index is 13.4. The predicted octanol–water partition coefficient (Wildman–Crippen LogP) is 2.26. The number of carbonyl (C=O) groups is 1. The molecule has 0 aliphatic rings. The van der Waals surface area contributed by atoms with E-state index in [0.29, 0.717) is 0 Å². The monoisotopic (exact) mass is 256 g/mol. The molecule has 0 heterocycles. The van der Waals surface area contributed by atoms with Crippen LogP contribution in [0.1, 0.15) is 13.3 Å². The van der Waals surface area contributed by atoms with Crippen LogP contribution in [-0.2, 0) is 4.79 Å². The Kier molecular flexibility index (Phi) is 4.59. The van der Waals surface area contributed by atoms with Crippen LogP contribution in [0.4, 0.5) is 15.8 Å². The quantitative estimate of drug-likeness (QED) is 0.601. The Morgan fingerprint density at radius 3 is 2.78 bits per heavy atom. The van der Waals surface area contributed by atoms with Crippen molar-refractivity contribution in [1.82, 2.24) is 0 Å². The Labute approximate surface area is 103 Å². The molecular formula is C11H13FN2O4. The van der Waals surface area contributed by atoms with Crippen LogP contribution < -0.4 is 5.32 Å². The SMILES string of the molecule is CC(CNc1ccc([N+](=O)[O-])cc1F)CC(=O)O. The fraction of sp³-hybridized carbons (Fsp3) is 0.364. The molecule has 6 nitrogen and oxygen atoms in total. The van der Waals surface area contributed by atoms with Gasteiger partial charge in [0.1, 0.15) is 0 Å². The molecule has 0 bridgehead atoms. The summed E-state index contributed by atoms with van der Waals surface area (Å²) in [7, 11) is 0. The molecule has 0 aromatic heterocycles. The van der Waals surface area contributed by atoms with Gasteiger partial charge in [-0.3, -0.25) is 14.9 Å². The molecule has 1 aromatic carbocycles. The van der Waals surface area contributed by atoms with E-state index in [4.69, 9.17) is 5.11 Å². The maximum atomic E-state index is 13.4. The van der Waals surface area contributed by atoms with E-state index in [1.54, 1.807) is 6.92 Å². The number of rotatable bonds is 6. The normalized spacial score (nSPS) is 11.9. The standard InChI is InChI=1S/C11H13FN2O4/c1-7(4-11(15)16)6-13-10-3-2-8(14(17)18)5-9(10)12/h2-3,5,7,13H,4,6H2,1H3,(H,15,16). The number of halogens is 1. The molecule has 0 radical (unpaired) electrons. The van der Waals surface area contributed by atoms with Gasteiger partial charge in [-0.25, -0.2) is 4.39 Å². The van der Waals surface area contributed by atoms with Crippen molar-refractivity contribution in [1.29, 1.82) is 0 Å². The van der Waals surface area contributed by atoms with E-state index in [0.717, 1.165) is 6.07 Å². The van der Waals surface area contributed by atoms with Gasteiger partial charge < -0.3 is 10.4 Å². The number of carboxylic acids is 1. The van der Waals surface area contributed by atoms with Crippen LogP contribution in [0, 0.1) is 21.8 Å². The molecule has 0 amide bonds. The minimum Gasteiger partial charge on any atom is -0.481 e. The van der Waals surface area contributed by atoms with Crippen molar-refractivity contribution in [3.63, 3.8) is 0 Å². The summed E-state index contributed by atoms with van der Waals surface area (Å²) < 4.78 is 13.4. The van der Waals surface area contributed by atoms with Crippen molar-refractivity contribution in [2.75, 3.05) is 11.9 Å². The zero-order chi connectivity index (χ0) is 13.7. The van der Waals surface area contributed by atoms with Crippen LogP contribution in [0.15, 0.2) is 18.2 Å². The Hall–Kier alpha value is -2.18. The summed E-state index contributed by atoms with van der Waals surface area (Å²) >= 11 is 0. The van der Waals surface area contributed by atoms with Crippen LogP contribution >= 0.6 is 0 Å². The Morgan fingerprint density at radius 1 is 1.61 bits per heavy atom. The summed E-state index contributed by atoms with van der Waals surface area (Å²) in [5.74, 6) is -1.82. The smallest absolute Gasteiger partial charge is 0.303 e. The molecule has 0 aliphatic carbocycles. The van der Waals surface area contributed by atoms with E-state index in [1.165, 1.54) is 12.1 Å². The summed E-state index contributed by atoms with van der Waals surface area (Å²) in [5.41, 5.74) is -0.200. The van der Waals surface area contributed by atoms with E-state index in [2.05, 4.69) is 5.32 Å². The molecule has 1 unspecified atom stereocenters. The molecule has 1 rings (SSSR count). The van der Waals surface area contributed by atoms with Crippen LogP contribution in [0.25, 0.3) is 0 Å². The Morgan fingerprint density at radius 2 is 2.28 bits per heavy atom. The van der Waals surface area contributed by atoms with Gasteiger partial charge in [0, 0.05) is 19.0 Å². The average Bonchev–Trinajstić information content (AvgIpc) is 2.26. The molecule has 0 aliphatic heterocycles. The van der Waals surface area contributed by atoms with E-state index in [-0.39, 0.29) is 30.3 Å². The van der Waals surface area contributed by atoms with Crippen molar-refractivity contribution in [2.45, 2.75) is 13.3 Å². The third kappa shape index (κ3) is 4.00. The van der Waals surface area contributed by atoms with E-state index >= 15 is 0 Å². The lowest BCUT2D eigenvalue weighted by Gasteiger charge is -2.11. The van der Waals surface area contributed by atoms with Crippen LogP contribution in [0.5, 0.6) is 0 Å². The summed E-state index contributed by atoms with van der Waals surface area (Å²) in [6, 6.07) is 3.28. The number of aliphatic carboxylic acids is 1. The minimum atomic E-state index is -0.923. The first kappa shape index (κ1) is 13.9. The third-order valence-corrected chi connectivity index (χ3v) is 2.33. The van der Waals surface area contributed by atoms with Crippen LogP contribution in [-0.4, -0.2) is 22.5 Å². The fourth-order valence-electron chi connectivity index (χ4n) is 1.42. The van der Waals surface area contributed by atoms with Crippen molar-refractivity contribution in [3.8, 4) is 0 Å². The molecule has 7 heteroatoms. The van der Waals surface area contributed by atoms with Crippen molar-refractivity contribution in [2.24, 2.45) is 5.92 Å². The highest BCUT2D eigenvalue weighted by Crippen LogP contribution is 2.20. The summed E-state index contributed by atoms with van der Waals surface area (Å²) in [6.07, 6.45) is -0.0262. The number of nitrogens with zero attached hydrogens (tertiary/aromatic N) is 1. The second-order valence-electron chi connectivity index (χ2n) is 4.01. The van der Waals surface area contributed by atoms with E-state index in [9.17, 15) is 19.3 Å². The Bertz CT molecular complexity index is 464. The lowest BCUT2D eigenvalue weighted by atomic mass is 10.1. The highest BCUT2D eigenvalue weighted by molar-refractivity contribution is 5.67. The number of anilines is 1. The zero-order valence-corrected chi connectivity index (χ0v) is 9.72. The van der Waals surface area contributed by atoms with Crippen LogP contribution in [0.2, 0.25) is 0 Å². The minimum absolute atomic E-state index is 0.0262. The number of nitro benzene ring substituents is 1. The van der Waals surface area contributed by atoms with Gasteiger partial charge in [0.15, 0.2) is 5.82 Å². The van der Waals surface area contributed by atoms with Gasteiger partial charge >= 0.3 is 5.97 Å². The highest BCUT2D eigenvalue weighted by atomic mass is 19.1. The summed E-state index contributed by atoms with van der Waals surface area (Å²) in [6.45, 7) is 1.99. The largest absolute Gasteiger partial charge is 0.481 e. The highest BCUT2D eigenvalue weighted by Gasteiger charge is 2.12. The lowest BCUT2D eigenvalue weighted by molar-refractivity contribution is -0.385. The van der Waals surface area contributed by atoms with Gasteiger partial charge in [-0.1, -0.05) is 6.92 Å². The molecule has 0 fully saturated rings. The van der Waals surface area contributed by atoms with Gasteiger partial charge in [-0.05, 0) is 12.0 Å². The van der Waals surface area contributed by atoms with Gasteiger partial charge in [0.05, 0.1) is 16.7 Å².